The molecule has 0 amide bonds. The molecule has 0 aliphatic carbocycles. The molecule has 1 aromatic carbocycles. The van der Waals surface area contributed by atoms with Crippen molar-refractivity contribution >= 4 is 0 Å². The SMILES string of the molecule is COCC(CCO)NCc1ccccc1. The fourth-order valence-electron chi connectivity index (χ4n) is 1.46. The lowest BCUT2D eigenvalue weighted by molar-refractivity contribution is 0.148. The van der Waals surface area contributed by atoms with E-state index in [1.165, 1.54) is 5.56 Å². The molecule has 0 aliphatic rings. The van der Waals surface area contributed by atoms with E-state index in [9.17, 15) is 0 Å². The average molecular weight is 209 g/mol. The normalized spacial score (nSPS) is 12.7. The van der Waals surface area contributed by atoms with Gasteiger partial charge < -0.3 is 15.2 Å². The Hall–Kier alpha value is -0.900. The van der Waals surface area contributed by atoms with Crippen molar-refractivity contribution in [1.29, 1.82) is 0 Å². The first-order valence-electron chi connectivity index (χ1n) is 5.24. The van der Waals surface area contributed by atoms with Crippen molar-refractivity contribution in [2.24, 2.45) is 0 Å². The molecule has 1 unspecified atom stereocenters. The quantitative estimate of drug-likeness (QED) is 0.708. The second-order valence-corrected chi connectivity index (χ2v) is 3.53. The maximum absolute atomic E-state index is 8.86. The first-order valence-corrected chi connectivity index (χ1v) is 5.24. The molecule has 15 heavy (non-hydrogen) atoms. The lowest BCUT2D eigenvalue weighted by atomic mass is 10.2. The molecule has 0 saturated heterocycles. The van der Waals surface area contributed by atoms with Crippen molar-refractivity contribution < 1.29 is 9.84 Å². The molecule has 0 heterocycles. The number of rotatable bonds is 7. The number of hydrogen-bond acceptors (Lipinski definition) is 3. The van der Waals surface area contributed by atoms with Crippen LogP contribution in [0.1, 0.15) is 12.0 Å². The number of ether oxygens (including phenoxy) is 1. The lowest BCUT2D eigenvalue weighted by Crippen LogP contribution is -2.33. The van der Waals surface area contributed by atoms with Gasteiger partial charge in [-0.1, -0.05) is 30.3 Å². The van der Waals surface area contributed by atoms with Crippen molar-refractivity contribution in [3.8, 4) is 0 Å². The van der Waals surface area contributed by atoms with Crippen molar-refractivity contribution in [3.05, 3.63) is 35.9 Å². The van der Waals surface area contributed by atoms with Gasteiger partial charge in [-0.05, 0) is 12.0 Å². The molecule has 0 fully saturated rings. The Morgan fingerprint density at radius 1 is 1.33 bits per heavy atom. The van der Waals surface area contributed by atoms with E-state index in [1.54, 1.807) is 7.11 Å². The van der Waals surface area contributed by atoms with Crippen LogP contribution < -0.4 is 5.32 Å². The van der Waals surface area contributed by atoms with Gasteiger partial charge in [0, 0.05) is 26.3 Å². The summed E-state index contributed by atoms with van der Waals surface area (Å²) < 4.78 is 5.07. The summed E-state index contributed by atoms with van der Waals surface area (Å²) in [5.74, 6) is 0. The standard InChI is InChI=1S/C12H19NO2/c1-15-10-12(7-8-14)13-9-11-5-3-2-4-6-11/h2-6,12-14H,7-10H2,1H3. The van der Waals surface area contributed by atoms with Gasteiger partial charge in [-0.3, -0.25) is 0 Å². The third-order valence-electron chi connectivity index (χ3n) is 2.28. The van der Waals surface area contributed by atoms with E-state index in [0.717, 1.165) is 13.0 Å². The molecular formula is C12H19NO2. The highest BCUT2D eigenvalue weighted by Gasteiger charge is 2.06. The highest BCUT2D eigenvalue weighted by Crippen LogP contribution is 2.00. The highest BCUT2D eigenvalue weighted by molar-refractivity contribution is 5.14. The van der Waals surface area contributed by atoms with Gasteiger partial charge >= 0.3 is 0 Å². The number of aliphatic hydroxyl groups is 1. The van der Waals surface area contributed by atoms with E-state index in [0.29, 0.717) is 6.61 Å². The van der Waals surface area contributed by atoms with Gasteiger partial charge in [-0.25, -0.2) is 0 Å². The van der Waals surface area contributed by atoms with E-state index in [2.05, 4.69) is 17.4 Å². The number of benzene rings is 1. The van der Waals surface area contributed by atoms with E-state index in [-0.39, 0.29) is 12.6 Å². The van der Waals surface area contributed by atoms with Gasteiger partial charge in [0.1, 0.15) is 0 Å². The van der Waals surface area contributed by atoms with E-state index in [1.807, 2.05) is 18.2 Å². The topological polar surface area (TPSA) is 41.5 Å². The number of hydrogen-bond donors (Lipinski definition) is 2. The molecule has 1 aromatic rings. The van der Waals surface area contributed by atoms with E-state index < -0.39 is 0 Å². The van der Waals surface area contributed by atoms with Crippen LogP contribution in [0.4, 0.5) is 0 Å². The van der Waals surface area contributed by atoms with Crippen molar-refractivity contribution in [3.63, 3.8) is 0 Å². The lowest BCUT2D eigenvalue weighted by Gasteiger charge is -2.16. The van der Waals surface area contributed by atoms with Gasteiger partial charge in [0.05, 0.1) is 6.61 Å². The maximum atomic E-state index is 8.86. The first-order chi connectivity index (χ1) is 7.36. The third kappa shape index (κ3) is 4.93. The van der Waals surface area contributed by atoms with E-state index >= 15 is 0 Å². The van der Waals surface area contributed by atoms with Crippen LogP contribution in [-0.4, -0.2) is 31.5 Å². The van der Waals surface area contributed by atoms with E-state index in [4.69, 9.17) is 9.84 Å². The zero-order chi connectivity index (χ0) is 10.9. The molecule has 0 spiro atoms. The van der Waals surface area contributed by atoms with Gasteiger partial charge in [0.15, 0.2) is 0 Å². The Kier molecular flexibility index (Phi) is 6.00. The summed E-state index contributed by atoms with van der Waals surface area (Å²) >= 11 is 0. The van der Waals surface area contributed by atoms with Crippen LogP contribution in [0.3, 0.4) is 0 Å². The molecule has 3 nitrogen and oxygen atoms in total. The molecule has 0 aromatic heterocycles. The third-order valence-corrected chi connectivity index (χ3v) is 2.28. The summed E-state index contributed by atoms with van der Waals surface area (Å²) in [7, 11) is 1.68. The molecule has 0 saturated carbocycles. The smallest absolute Gasteiger partial charge is 0.0616 e. The fraction of sp³-hybridized carbons (Fsp3) is 0.500. The Balaban J connectivity index is 2.33. The van der Waals surface area contributed by atoms with Crippen molar-refractivity contribution in [1.82, 2.24) is 5.32 Å². The zero-order valence-electron chi connectivity index (χ0n) is 9.15. The van der Waals surface area contributed by atoms with Crippen LogP contribution in [0, 0.1) is 0 Å². The van der Waals surface area contributed by atoms with Gasteiger partial charge in [0.2, 0.25) is 0 Å². The van der Waals surface area contributed by atoms with Crippen LogP contribution >= 0.6 is 0 Å². The number of aliphatic hydroxyl groups excluding tert-OH is 1. The second kappa shape index (κ2) is 7.40. The molecule has 2 N–H and O–H groups in total. The summed E-state index contributed by atoms with van der Waals surface area (Å²) in [6.07, 6.45) is 0.723. The molecule has 1 atom stereocenters. The fourth-order valence-corrected chi connectivity index (χ4v) is 1.46. The van der Waals surface area contributed by atoms with Crippen LogP contribution in [0.25, 0.3) is 0 Å². The Bertz CT molecular complexity index is 245. The van der Waals surface area contributed by atoms with Crippen LogP contribution in [0.15, 0.2) is 30.3 Å². The zero-order valence-corrected chi connectivity index (χ0v) is 9.15. The largest absolute Gasteiger partial charge is 0.396 e. The van der Waals surface area contributed by atoms with Crippen molar-refractivity contribution in [2.45, 2.75) is 19.0 Å². The Morgan fingerprint density at radius 3 is 2.67 bits per heavy atom. The van der Waals surface area contributed by atoms with Crippen LogP contribution in [0.2, 0.25) is 0 Å². The number of nitrogens with one attached hydrogen (secondary N) is 1. The second-order valence-electron chi connectivity index (χ2n) is 3.53. The van der Waals surface area contributed by atoms with Gasteiger partial charge in [0.25, 0.3) is 0 Å². The first kappa shape index (κ1) is 12.2. The summed E-state index contributed by atoms with van der Waals surface area (Å²) in [6, 6.07) is 10.4. The molecule has 0 aliphatic heterocycles. The van der Waals surface area contributed by atoms with Crippen LogP contribution in [-0.2, 0) is 11.3 Å². The molecule has 1 rings (SSSR count). The monoisotopic (exact) mass is 209 g/mol. The Labute approximate surface area is 91.1 Å². The minimum Gasteiger partial charge on any atom is -0.396 e. The maximum Gasteiger partial charge on any atom is 0.0616 e. The number of methoxy groups -OCH3 is 1. The summed E-state index contributed by atoms with van der Waals surface area (Å²) in [5, 5.41) is 12.2. The van der Waals surface area contributed by atoms with Crippen molar-refractivity contribution in [2.75, 3.05) is 20.3 Å². The molecular weight excluding hydrogens is 190 g/mol. The predicted octanol–water partition coefficient (Wildman–Crippen LogP) is 1.17. The summed E-state index contributed by atoms with van der Waals surface area (Å²) in [5.41, 5.74) is 1.25. The highest BCUT2D eigenvalue weighted by atomic mass is 16.5. The minimum atomic E-state index is 0.190. The van der Waals surface area contributed by atoms with Crippen LogP contribution in [0.5, 0.6) is 0 Å². The summed E-state index contributed by atoms with van der Waals surface area (Å²) in [4.78, 5) is 0. The predicted molar refractivity (Wildman–Crippen MR) is 60.6 cm³/mol. The van der Waals surface area contributed by atoms with Gasteiger partial charge in [-0.15, -0.1) is 0 Å². The molecule has 84 valence electrons. The molecule has 0 radical (unpaired) electrons. The summed E-state index contributed by atoms with van der Waals surface area (Å²) in [6.45, 7) is 1.64. The van der Waals surface area contributed by atoms with Gasteiger partial charge in [-0.2, -0.15) is 0 Å². The average Bonchev–Trinajstić information content (AvgIpc) is 2.28. The molecule has 0 bridgehead atoms. The molecule has 3 heteroatoms. The minimum absolute atomic E-state index is 0.190. The Morgan fingerprint density at radius 2 is 2.07 bits per heavy atom.